The predicted molar refractivity (Wildman–Crippen MR) is 27.5 cm³/mol. The number of alkyl halides is 5. The fraction of sp³-hybridized carbons (Fsp3) is 1.00. The van der Waals surface area contributed by atoms with Gasteiger partial charge in [-0.3, -0.25) is 0 Å². The molecule has 0 spiro atoms. The van der Waals surface area contributed by atoms with Gasteiger partial charge in [-0.25, -0.2) is 0 Å². The Hall–Kier alpha value is -0.390. The van der Waals surface area contributed by atoms with Crippen LogP contribution in [0.25, 0.3) is 0 Å². The number of hydrogen-bond acceptors (Lipinski definition) is 1. The summed E-state index contributed by atoms with van der Waals surface area (Å²) in [5.41, 5.74) is 0. The summed E-state index contributed by atoms with van der Waals surface area (Å²) < 4.78 is 61.7. The zero-order valence-electron chi connectivity index (χ0n) is 5.71. The topological polar surface area (TPSA) is 9.23 Å². The van der Waals surface area contributed by atoms with Crippen LogP contribution in [0.5, 0.6) is 0 Å². The first-order chi connectivity index (χ1) is 4.81. The van der Waals surface area contributed by atoms with Gasteiger partial charge >= 0.3 is 12.1 Å². The van der Waals surface area contributed by atoms with E-state index in [1.165, 1.54) is 6.92 Å². The van der Waals surface area contributed by atoms with E-state index < -0.39 is 18.7 Å². The molecule has 0 saturated heterocycles. The third kappa shape index (κ3) is 3.00. The lowest BCUT2D eigenvalue weighted by molar-refractivity contribution is -0.296. The van der Waals surface area contributed by atoms with Gasteiger partial charge in [-0.05, 0) is 6.92 Å². The summed E-state index contributed by atoms with van der Waals surface area (Å²) in [5.74, 6) is -4.73. The summed E-state index contributed by atoms with van der Waals surface area (Å²) in [6.45, 7) is -0.425. The second-order valence-electron chi connectivity index (χ2n) is 1.84. The predicted octanol–water partition coefficient (Wildman–Crippen LogP) is 2.22. The van der Waals surface area contributed by atoms with Gasteiger partial charge in [0.2, 0.25) is 0 Å². The molecule has 0 aromatic rings. The Labute approximate surface area is 60.1 Å². The molecule has 0 heterocycles. The van der Waals surface area contributed by atoms with Crippen molar-refractivity contribution in [3.05, 3.63) is 0 Å². The lowest BCUT2D eigenvalue weighted by atomic mass is 10.3. The third-order valence-corrected chi connectivity index (χ3v) is 0.902. The van der Waals surface area contributed by atoms with Crippen LogP contribution in [0.4, 0.5) is 22.0 Å². The highest BCUT2D eigenvalue weighted by atomic mass is 19.4. The molecule has 0 aliphatic rings. The van der Waals surface area contributed by atoms with Crippen molar-refractivity contribution in [1.29, 1.82) is 0 Å². The fourth-order valence-corrected chi connectivity index (χ4v) is 0.312. The summed E-state index contributed by atoms with van der Waals surface area (Å²) in [5, 5.41) is 0. The summed E-state index contributed by atoms with van der Waals surface area (Å²) in [7, 11) is 0. The van der Waals surface area contributed by atoms with Gasteiger partial charge in [0.15, 0.2) is 0 Å². The monoisotopic (exact) mass is 178 g/mol. The number of halogens is 5. The minimum Gasteiger partial charge on any atom is -0.375 e. The van der Waals surface area contributed by atoms with Crippen molar-refractivity contribution in [2.75, 3.05) is 13.2 Å². The molecule has 0 rings (SSSR count). The van der Waals surface area contributed by atoms with Crippen molar-refractivity contribution >= 4 is 0 Å². The molecule has 6 heteroatoms. The van der Waals surface area contributed by atoms with E-state index in [-0.39, 0.29) is 6.61 Å². The maximum atomic E-state index is 11.9. The van der Waals surface area contributed by atoms with E-state index in [0.717, 1.165) is 0 Å². The van der Waals surface area contributed by atoms with Crippen molar-refractivity contribution in [1.82, 2.24) is 0 Å². The Morgan fingerprint density at radius 3 is 1.82 bits per heavy atom. The molecule has 0 atom stereocenters. The van der Waals surface area contributed by atoms with Crippen LogP contribution in [-0.2, 0) is 4.74 Å². The first kappa shape index (κ1) is 10.6. The van der Waals surface area contributed by atoms with E-state index in [1.54, 1.807) is 0 Å². The average Bonchev–Trinajstić information content (AvgIpc) is 1.81. The van der Waals surface area contributed by atoms with E-state index in [4.69, 9.17) is 0 Å². The standard InChI is InChI=1S/C5H7F5O/c1-2-11-3-4(6,7)5(8,9)10/h2-3H2,1H3. The zero-order valence-corrected chi connectivity index (χ0v) is 5.71. The molecular weight excluding hydrogens is 171 g/mol. The quantitative estimate of drug-likeness (QED) is 0.602. The fourth-order valence-electron chi connectivity index (χ4n) is 0.312. The molecule has 68 valence electrons. The normalized spacial score (nSPS) is 13.6. The van der Waals surface area contributed by atoms with Gasteiger partial charge in [-0.1, -0.05) is 0 Å². The molecule has 0 aliphatic heterocycles. The van der Waals surface area contributed by atoms with Gasteiger partial charge < -0.3 is 4.74 Å². The molecule has 11 heavy (non-hydrogen) atoms. The van der Waals surface area contributed by atoms with Gasteiger partial charge in [0.25, 0.3) is 0 Å². The second-order valence-corrected chi connectivity index (χ2v) is 1.84. The molecule has 0 amide bonds. The summed E-state index contributed by atoms with van der Waals surface area (Å²) in [6.07, 6.45) is -5.51. The Kier molecular flexibility index (Phi) is 3.22. The van der Waals surface area contributed by atoms with Crippen LogP contribution in [-0.4, -0.2) is 25.3 Å². The van der Waals surface area contributed by atoms with E-state index in [1.807, 2.05) is 0 Å². The largest absolute Gasteiger partial charge is 0.455 e. The second kappa shape index (κ2) is 3.34. The highest BCUT2D eigenvalue weighted by Crippen LogP contribution is 2.35. The minimum atomic E-state index is -5.51. The number of rotatable bonds is 3. The van der Waals surface area contributed by atoms with Gasteiger partial charge in [0, 0.05) is 6.61 Å². The Balaban J connectivity index is 4.00. The lowest BCUT2D eigenvalue weighted by Crippen LogP contribution is -2.40. The van der Waals surface area contributed by atoms with Crippen LogP contribution in [0.3, 0.4) is 0 Å². The van der Waals surface area contributed by atoms with Crippen molar-refractivity contribution in [2.45, 2.75) is 19.0 Å². The highest BCUT2D eigenvalue weighted by Gasteiger charge is 2.57. The van der Waals surface area contributed by atoms with Crippen molar-refractivity contribution in [2.24, 2.45) is 0 Å². The molecule has 0 radical (unpaired) electrons. The van der Waals surface area contributed by atoms with Crippen LogP contribution < -0.4 is 0 Å². The van der Waals surface area contributed by atoms with Gasteiger partial charge in [0.1, 0.15) is 6.61 Å². The van der Waals surface area contributed by atoms with Gasteiger partial charge in [-0.2, -0.15) is 22.0 Å². The lowest BCUT2D eigenvalue weighted by Gasteiger charge is -2.18. The van der Waals surface area contributed by atoms with Crippen LogP contribution in [0.2, 0.25) is 0 Å². The van der Waals surface area contributed by atoms with Crippen molar-refractivity contribution in [3.63, 3.8) is 0 Å². The van der Waals surface area contributed by atoms with Crippen LogP contribution in [0.15, 0.2) is 0 Å². The molecule has 0 aliphatic carbocycles. The molecule has 0 aromatic heterocycles. The van der Waals surface area contributed by atoms with Gasteiger partial charge in [0.05, 0.1) is 0 Å². The van der Waals surface area contributed by atoms with Crippen molar-refractivity contribution < 1.29 is 26.7 Å². The highest BCUT2D eigenvalue weighted by molar-refractivity contribution is 4.74. The third-order valence-electron chi connectivity index (χ3n) is 0.902. The Morgan fingerprint density at radius 2 is 1.55 bits per heavy atom. The zero-order chi connectivity index (χ0) is 9.12. The van der Waals surface area contributed by atoms with Crippen LogP contribution in [0, 0.1) is 0 Å². The van der Waals surface area contributed by atoms with E-state index in [9.17, 15) is 22.0 Å². The summed E-state index contributed by atoms with van der Waals surface area (Å²) >= 11 is 0. The first-order valence-corrected chi connectivity index (χ1v) is 2.83. The maximum Gasteiger partial charge on any atom is 0.455 e. The molecule has 0 N–H and O–H groups in total. The van der Waals surface area contributed by atoms with E-state index in [2.05, 4.69) is 4.74 Å². The smallest absolute Gasteiger partial charge is 0.375 e. The Bertz CT molecular complexity index is 119. The molecule has 1 nitrogen and oxygen atoms in total. The molecular formula is C5H7F5O. The molecule has 0 unspecified atom stereocenters. The maximum absolute atomic E-state index is 11.9. The molecule has 0 fully saturated rings. The first-order valence-electron chi connectivity index (χ1n) is 2.83. The van der Waals surface area contributed by atoms with Crippen LogP contribution in [0.1, 0.15) is 6.92 Å². The van der Waals surface area contributed by atoms with Crippen LogP contribution >= 0.6 is 0 Å². The summed E-state index contributed by atoms with van der Waals surface area (Å²) in [6, 6.07) is 0. The van der Waals surface area contributed by atoms with E-state index in [0.29, 0.717) is 0 Å². The molecule has 0 saturated carbocycles. The minimum absolute atomic E-state index is 0.161. The average molecular weight is 178 g/mol. The van der Waals surface area contributed by atoms with E-state index >= 15 is 0 Å². The number of ether oxygens (including phenoxy) is 1. The number of hydrogen-bond donors (Lipinski definition) is 0. The van der Waals surface area contributed by atoms with Crippen molar-refractivity contribution in [3.8, 4) is 0 Å². The van der Waals surface area contributed by atoms with Gasteiger partial charge in [-0.15, -0.1) is 0 Å². The summed E-state index contributed by atoms with van der Waals surface area (Å²) in [4.78, 5) is 0. The molecule has 0 aromatic carbocycles. The molecule has 0 bridgehead atoms. The Morgan fingerprint density at radius 1 is 1.09 bits per heavy atom. The SMILES string of the molecule is CCOCC(F)(F)C(F)(F)F.